The first kappa shape index (κ1) is 22.8. The minimum absolute atomic E-state index is 0.104. The van der Waals surface area contributed by atoms with Crippen LogP contribution >= 0.6 is 0 Å². The van der Waals surface area contributed by atoms with Crippen LogP contribution < -0.4 is 27.4 Å². The summed E-state index contributed by atoms with van der Waals surface area (Å²) in [6, 6.07) is 20.3. The number of nitriles is 1. The third-order valence-corrected chi connectivity index (χ3v) is 5.01. The van der Waals surface area contributed by atoms with Gasteiger partial charge in [-0.1, -0.05) is 12.1 Å². The molecule has 2 amide bonds. The average Bonchev–Trinajstić information content (AvgIpc) is 3.23. The zero-order chi connectivity index (χ0) is 24.9. The van der Waals surface area contributed by atoms with Gasteiger partial charge in [-0.2, -0.15) is 10.2 Å². The number of carbonyl (C=O) groups is 2. The van der Waals surface area contributed by atoms with Crippen molar-refractivity contribution >= 4 is 40.9 Å². The summed E-state index contributed by atoms with van der Waals surface area (Å²) < 4.78 is 0.937. The number of nitrogens with zero attached hydrogens (tertiary/aromatic N) is 4. The molecule has 35 heavy (non-hydrogen) atoms. The molecular formula is C24H21N9O2. The third-order valence-electron chi connectivity index (χ3n) is 5.01. The van der Waals surface area contributed by atoms with E-state index in [0.29, 0.717) is 28.2 Å². The maximum absolute atomic E-state index is 12.7. The summed E-state index contributed by atoms with van der Waals surface area (Å²) in [6.45, 7) is 0. The molecule has 0 saturated carbocycles. The third kappa shape index (κ3) is 5.18. The van der Waals surface area contributed by atoms with E-state index in [0.717, 1.165) is 15.8 Å². The molecule has 1 heterocycles. The molecule has 3 aromatic carbocycles. The van der Waals surface area contributed by atoms with Gasteiger partial charge in [-0.05, 0) is 65.7 Å². The number of rotatable bonds is 5. The van der Waals surface area contributed by atoms with Crippen LogP contribution in [0.15, 0.2) is 66.7 Å². The topological polar surface area (TPSA) is 177 Å². The Kier molecular flexibility index (Phi) is 6.28. The minimum atomic E-state index is -0.596. The number of nitrogens with one attached hydrogen (secondary N) is 3. The molecule has 0 atom stereocenters. The Bertz CT molecular complexity index is 1440. The smallest absolute Gasteiger partial charge is 0.349 e. The molecule has 0 spiro atoms. The van der Waals surface area contributed by atoms with Crippen molar-refractivity contribution in [2.45, 2.75) is 0 Å². The van der Waals surface area contributed by atoms with Gasteiger partial charge in [0.15, 0.2) is 0 Å². The quantitative estimate of drug-likeness (QED) is 0.278. The normalized spacial score (nSPS) is 10.3. The highest BCUT2D eigenvalue weighted by Crippen LogP contribution is 2.25. The van der Waals surface area contributed by atoms with Crippen LogP contribution in [0.1, 0.15) is 15.9 Å². The van der Waals surface area contributed by atoms with E-state index < -0.39 is 6.03 Å². The van der Waals surface area contributed by atoms with E-state index in [1.807, 2.05) is 0 Å². The number of hydrogen-bond acceptors (Lipinski definition) is 8. The summed E-state index contributed by atoms with van der Waals surface area (Å²) in [6.07, 6.45) is 0. The lowest BCUT2D eigenvalue weighted by molar-refractivity contribution is 0.0963. The molecule has 174 valence electrons. The average molecular weight is 467 g/mol. The summed E-state index contributed by atoms with van der Waals surface area (Å²) >= 11 is 0. The predicted molar refractivity (Wildman–Crippen MR) is 133 cm³/mol. The van der Waals surface area contributed by atoms with Crippen molar-refractivity contribution in [1.29, 1.82) is 5.26 Å². The van der Waals surface area contributed by atoms with Gasteiger partial charge in [0.1, 0.15) is 0 Å². The second-order valence-corrected chi connectivity index (χ2v) is 7.45. The Balaban J connectivity index is 1.44. The van der Waals surface area contributed by atoms with Crippen molar-refractivity contribution in [2.75, 3.05) is 29.1 Å². The summed E-state index contributed by atoms with van der Waals surface area (Å²) in [5, 5.41) is 21.4. The molecule has 7 N–H and O–H groups in total. The fourth-order valence-corrected chi connectivity index (χ4v) is 3.31. The molecule has 0 radical (unpaired) electrons. The number of hydrogen-bond donors (Lipinski definition) is 5. The number of nitrogens with two attached hydrogens (primary N) is 2. The Morgan fingerprint density at radius 2 is 1.63 bits per heavy atom. The molecule has 11 nitrogen and oxygen atoms in total. The first-order valence-corrected chi connectivity index (χ1v) is 10.4. The van der Waals surface area contributed by atoms with E-state index in [-0.39, 0.29) is 17.8 Å². The van der Waals surface area contributed by atoms with E-state index in [4.69, 9.17) is 16.7 Å². The van der Waals surface area contributed by atoms with Gasteiger partial charge >= 0.3 is 6.03 Å². The molecule has 0 fully saturated rings. The van der Waals surface area contributed by atoms with Crippen LogP contribution in [0.2, 0.25) is 0 Å². The van der Waals surface area contributed by atoms with Crippen LogP contribution in [-0.4, -0.2) is 33.8 Å². The Labute approximate surface area is 200 Å². The number of carbonyl (C=O) groups excluding carboxylic acids is 2. The fraction of sp³-hybridized carbons (Fsp3) is 0.0417. The maximum Gasteiger partial charge on any atom is 0.349 e. The van der Waals surface area contributed by atoms with Crippen LogP contribution in [0.25, 0.3) is 11.1 Å². The van der Waals surface area contributed by atoms with Crippen molar-refractivity contribution in [2.24, 2.45) is 0 Å². The summed E-state index contributed by atoms with van der Waals surface area (Å²) in [5.41, 5.74) is 15.9. The van der Waals surface area contributed by atoms with Crippen molar-refractivity contribution < 1.29 is 9.59 Å². The van der Waals surface area contributed by atoms with Gasteiger partial charge < -0.3 is 27.4 Å². The van der Waals surface area contributed by atoms with Gasteiger partial charge in [-0.15, -0.1) is 9.78 Å². The molecule has 1 aromatic heterocycles. The highest BCUT2D eigenvalue weighted by molar-refractivity contribution is 5.94. The number of nitrogen functional groups attached to an aromatic ring is 2. The van der Waals surface area contributed by atoms with Crippen molar-refractivity contribution in [1.82, 2.24) is 20.1 Å². The molecule has 0 saturated heterocycles. The maximum atomic E-state index is 12.7. The molecule has 0 aliphatic carbocycles. The molecule has 0 aliphatic heterocycles. The summed E-state index contributed by atoms with van der Waals surface area (Å²) in [5.74, 6) is -0.184. The molecule has 11 heteroatoms. The van der Waals surface area contributed by atoms with E-state index >= 15 is 0 Å². The van der Waals surface area contributed by atoms with E-state index in [2.05, 4.69) is 32.1 Å². The predicted octanol–water partition coefficient (Wildman–Crippen LogP) is 3.16. The monoisotopic (exact) mass is 467 g/mol. The second kappa shape index (κ2) is 9.63. The molecule has 0 bridgehead atoms. The minimum Gasteiger partial charge on any atom is -0.399 e. The zero-order valence-electron chi connectivity index (χ0n) is 18.6. The summed E-state index contributed by atoms with van der Waals surface area (Å²) in [4.78, 5) is 28.4. The number of aromatic nitrogens is 3. The van der Waals surface area contributed by atoms with E-state index in [1.165, 1.54) is 0 Å². The molecule has 0 aliphatic rings. The lowest BCUT2D eigenvalue weighted by atomic mass is 10.0. The summed E-state index contributed by atoms with van der Waals surface area (Å²) in [7, 11) is 1.55. The number of benzene rings is 3. The first-order chi connectivity index (χ1) is 16.9. The largest absolute Gasteiger partial charge is 0.399 e. The van der Waals surface area contributed by atoms with Gasteiger partial charge in [0.05, 0.1) is 11.6 Å². The first-order valence-electron chi connectivity index (χ1n) is 10.4. The Morgan fingerprint density at radius 3 is 2.29 bits per heavy atom. The van der Waals surface area contributed by atoms with Gasteiger partial charge in [0.25, 0.3) is 5.91 Å². The SMILES string of the molecule is CNC(=O)c1ccc(Nc2nc(N)n(C(=O)Nc3ccc(-c4cc(N)cc(C#N)c4)cc3)n2)cc1. The number of anilines is 5. The fourth-order valence-electron chi connectivity index (χ4n) is 3.31. The molecule has 0 unspecified atom stereocenters. The molecule has 4 rings (SSSR count). The zero-order valence-corrected chi connectivity index (χ0v) is 18.6. The number of amides is 2. The second-order valence-electron chi connectivity index (χ2n) is 7.45. The van der Waals surface area contributed by atoms with Crippen molar-refractivity contribution in [3.63, 3.8) is 0 Å². The Morgan fingerprint density at radius 1 is 0.943 bits per heavy atom. The standard InChI is InChI=1S/C24H21N9O2/c1-28-21(34)16-4-8-19(9-5-16)29-23-31-22(27)33(32-23)24(35)30-20-6-2-15(3-7-20)17-10-14(13-25)11-18(26)12-17/h2-12H,26H2,1H3,(H,28,34)(H,30,35)(H3,27,29,31,32). The van der Waals surface area contributed by atoms with E-state index in [1.54, 1.807) is 73.8 Å². The van der Waals surface area contributed by atoms with Crippen LogP contribution in [0.3, 0.4) is 0 Å². The highest BCUT2D eigenvalue weighted by atomic mass is 16.2. The lowest BCUT2D eigenvalue weighted by Gasteiger charge is -2.08. The highest BCUT2D eigenvalue weighted by Gasteiger charge is 2.15. The van der Waals surface area contributed by atoms with Gasteiger partial charge in [-0.3, -0.25) is 4.79 Å². The van der Waals surface area contributed by atoms with E-state index in [9.17, 15) is 9.59 Å². The molecular weight excluding hydrogens is 446 g/mol. The van der Waals surface area contributed by atoms with Crippen LogP contribution in [-0.2, 0) is 0 Å². The van der Waals surface area contributed by atoms with Crippen molar-refractivity contribution in [3.05, 3.63) is 77.9 Å². The van der Waals surface area contributed by atoms with Crippen LogP contribution in [0, 0.1) is 11.3 Å². The van der Waals surface area contributed by atoms with Crippen LogP contribution in [0.4, 0.5) is 33.8 Å². The molecule has 4 aromatic rings. The Hall–Kier alpha value is -5.37. The van der Waals surface area contributed by atoms with Gasteiger partial charge in [-0.25, -0.2) is 4.79 Å². The van der Waals surface area contributed by atoms with Crippen molar-refractivity contribution in [3.8, 4) is 17.2 Å². The van der Waals surface area contributed by atoms with Gasteiger partial charge in [0, 0.05) is 29.7 Å². The van der Waals surface area contributed by atoms with Crippen LogP contribution in [0.5, 0.6) is 0 Å². The van der Waals surface area contributed by atoms with Gasteiger partial charge in [0.2, 0.25) is 11.9 Å². The lowest BCUT2D eigenvalue weighted by Crippen LogP contribution is -2.22.